The Morgan fingerprint density at radius 2 is 1.50 bits per heavy atom. The zero-order valence-corrected chi connectivity index (χ0v) is 12.4. The molecule has 0 fully saturated rings. The van der Waals surface area contributed by atoms with E-state index in [0.29, 0.717) is 12.0 Å². The van der Waals surface area contributed by atoms with Gasteiger partial charge in [-0.05, 0) is 31.9 Å². The van der Waals surface area contributed by atoms with E-state index in [4.69, 9.17) is 0 Å². The highest BCUT2D eigenvalue weighted by atomic mass is 19.4. The quantitative estimate of drug-likeness (QED) is 0.667. The van der Waals surface area contributed by atoms with Crippen LogP contribution in [0.25, 0.3) is 0 Å². The first kappa shape index (κ1) is 19.3. The fourth-order valence-corrected chi connectivity index (χ4v) is 1.40. The van der Waals surface area contributed by atoms with Crippen LogP contribution >= 0.6 is 0 Å². The Morgan fingerprint density at radius 3 is 1.83 bits per heavy atom. The molecule has 0 aliphatic rings. The van der Waals surface area contributed by atoms with Crippen molar-refractivity contribution in [1.29, 1.82) is 0 Å². The fraction of sp³-hybridized carbons (Fsp3) is 0.643. The molecule has 0 amide bonds. The van der Waals surface area contributed by atoms with Crippen LogP contribution in [0.4, 0.5) is 13.2 Å². The van der Waals surface area contributed by atoms with E-state index in [1.807, 2.05) is 34.6 Å². The van der Waals surface area contributed by atoms with Crippen LogP contribution in [0.1, 0.15) is 57.1 Å². The van der Waals surface area contributed by atoms with Crippen LogP contribution in [-0.2, 0) is 12.6 Å². The highest BCUT2D eigenvalue weighted by Gasteiger charge is 2.33. The van der Waals surface area contributed by atoms with Gasteiger partial charge in [0.15, 0.2) is 0 Å². The predicted octanol–water partition coefficient (Wildman–Crippen LogP) is 5.33. The topological polar surface area (TPSA) is 12.9 Å². The highest BCUT2D eigenvalue weighted by molar-refractivity contribution is 5.31. The van der Waals surface area contributed by atoms with E-state index in [2.05, 4.69) is 4.98 Å². The van der Waals surface area contributed by atoms with Crippen molar-refractivity contribution in [3.05, 3.63) is 28.6 Å². The van der Waals surface area contributed by atoms with Gasteiger partial charge in [-0.3, -0.25) is 4.98 Å². The molecular formula is C14H24F3N. The number of alkyl halides is 3. The molecule has 1 rings (SSSR count). The Hall–Kier alpha value is -1.06. The maximum atomic E-state index is 12.4. The average Bonchev–Trinajstić information content (AvgIpc) is 2.35. The largest absolute Gasteiger partial charge is 0.418 e. The van der Waals surface area contributed by atoms with Crippen molar-refractivity contribution in [2.45, 2.75) is 61.1 Å². The molecule has 4 heteroatoms. The SMILES string of the molecule is CC.CC.CCc1nc(C)c(C(F)(F)F)cc1C. The minimum atomic E-state index is -4.30. The lowest BCUT2D eigenvalue weighted by Gasteiger charge is -2.12. The second-order valence-electron chi connectivity index (χ2n) is 3.24. The summed E-state index contributed by atoms with van der Waals surface area (Å²) in [5.74, 6) is 0. The monoisotopic (exact) mass is 263 g/mol. The molecular weight excluding hydrogens is 239 g/mol. The third kappa shape index (κ3) is 5.52. The number of rotatable bonds is 1. The summed E-state index contributed by atoms with van der Waals surface area (Å²) in [6.45, 7) is 12.9. The van der Waals surface area contributed by atoms with Gasteiger partial charge in [0.25, 0.3) is 0 Å². The molecule has 0 aliphatic carbocycles. The number of aromatic nitrogens is 1. The Bertz CT molecular complexity index is 344. The molecule has 0 bridgehead atoms. The van der Waals surface area contributed by atoms with Gasteiger partial charge in [-0.1, -0.05) is 34.6 Å². The van der Waals surface area contributed by atoms with Crippen molar-refractivity contribution in [3.63, 3.8) is 0 Å². The van der Waals surface area contributed by atoms with Gasteiger partial charge in [-0.2, -0.15) is 13.2 Å². The third-order valence-electron chi connectivity index (χ3n) is 2.15. The van der Waals surface area contributed by atoms with Gasteiger partial charge in [0, 0.05) is 11.4 Å². The summed E-state index contributed by atoms with van der Waals surface area (Å²) < 4.78 is 37.3. The van der Waals surface area contributed by atoms with Crippen LogP contribution in [-0.4, -0.2) is 4.98 Å². The Labute approximate surface area is 108 Å². The van der Waals surface area contributed by atoms with Crippen molar-refractivity contribution in [1.82, 2.24) is 4.98 Å². The first-order chi connectivity index (χ1) is 8.36. The highest BCUT2D eigenvalue weighted by Crippen LogP contribution is 2.32. The van der Waals surface area contributed by atoms with E-state index >= 15 is 0 Å². The van der Waals surface area contributed by atoms with E-state index in [0.717, 1.165) is 5.69 Å². The summed E-state index contributed by atoms with van der Waals surface area (Å²) in [6.07, 6.45) is -3.64. The third-order valence-corrected chi connectivity index (χ3v) is 2.15. The van der Waals surface area contributed by atoms with Gasteiger partial charge in [-0.25, -0.2) is 0 Å². The van der Waals surface area contributed by atoms with Gasteiger partial charge in [0.2, 0.25) is 0 Å². The van der Waals surface area contributed by atoms with Crippen molar-refractivity contribution < 1.29 is 13.2 Å². The van der Waals surface area contributed by atoms with E-state index in [9.17, 15) is 13.2 Å². The molecule has 0 spiro atoms. The maximum absolute atomic E-state index is 12.4. The van der Waals surface area contributed by atoms with E-state index in [-0.39, 0.29) is 5.69 Å². The van der Waals surface area contributed by atoms with Crippen LogP contribution < -0.4 is 0 Å². The molecule has 18 heavy (non-hydrogen) atoms. The van der Waals surface area contributed by atoms with Gasteiger partial charge in [0.05, 0.1) is 5.56 Å². The normalized spacial score (nSPS) is 9.89. The maximum Gasteiger partial charge on any atom is 0.418 e. The van der Waals surface area contributed by atoms with Crippen LogP contribution in [0.15, 0.2) is 6.07 Å². The zero-order chi connectivity index (χ0) is 14.9. The predicted molar refractivity (Wildman–Crippen MR) is 70.8 cm³/mol. The summed E-state index contributed by atoms with van der Waals surface area (Å²) in [4.78, 5) is 3.94. The molecule has 0 aliphatic heterocycles. The lowest BCUT2D eigenvalue weighted by Crippen LogP contribution is -2.11. The van der Waals surface area contributed by atoms with E-state index < -0.39 is 11.7 Å². The molecule has 1 aromatic heterocycles. The molecule has 1 nitrogen and oxygen atoms in total. The number of aryl methyl sites for hydroxylation is 3. The summed E-state index contributed by atoms with van der Waals surface area (Å²) >= 11 is 0. The number of halogens is 3. The van der Waals surface area contributed by atoms with E-state index in [1.54, 1.807) is 6.92 Å². The summed E-state index contributed by atoms with van der Waals surface area (Å²) in [5.41, 5.74) is 0.757. The standard InChI is InChI=1S/C10H12F3N.2C2H6/c1-4-9-6(2)5-8(7(3)14-9)10(11,12)13;2*1-2/h5H,4H2,1-3H3;2*1-2H3. The minimum absolute atomic E-state index is 0.0555. The van der Waals surface area contributed by atoms with Crippen LogP contribution in [0.5, 0.6) is 0 Å². The lowest BCUT2D eigenvalue weighted by molar-refractivity contribution is -0.138. The average molecular weight is 263 g/mol. The molecule has 0 atom stereocenters. The Kier molecular flexibility index (Phi) is 9.59. The minimum Gasteiger partial charge on any atom is -0.257 e. The number of pyridine rings is 1. The first-order valence-electron chi connectivity index (χ1n) is 6.40. The molecule has 1 aromatic rings. The number of hydrogen-bond acceptors (Lipinski definition) is 1. The van der Waals surface area contributed by atoms with Crippen molar-refractivity contribution in [2.24, 2.45) is 0 Å². The second kappa shape index (κ2) is 8.95. The summed E-state index contributed by atoms with van der Waals surface area (Å²) in [7, 11) is 0. The van der Waals surface area contributed by atoms with Gasteiger partial charge in [0.1, 0.15) is 0 Å². The molecule has 0 aromatic carbocycles. The summed E-state index contributed by atoms with van der Waals surface area (Å²) in [6, 6.07) is 1.17. The van der Waals surface area contributed by atoms with Gasteiger partial charge in [-0.15, -0.1) is 0 Å². The molecule has 0 N–H and O–H groups in total. The number of hydrogen-bond donors (Lipinski definition) is 0. The van der Waals surface area contributed by atoms with Gasteiger partial charge >= 0.3 is 6.18 Å². The van der Waals surface area contributed by atoms with Crippen molar-refractivity contribution >= 4 is 0 Å². The summed E-state index contributed by atoms with van der Waals surface area (Å²) in [5, 5.41) is 0. The van der Waals surface area contributed by atoms with E-state index in [1.165, 1.54) is 13.0 Å². The number of nitrogens with zero attached hydrogens (tertiary/aromatic N) is 1. The molecule has 106 valence electrons. The molecule has 0 radical (unpaired) electrons. The van der Waals surface area contributed by atoms with Crippen molar-refractivity contribution in [2.75, 3.05) is 0 Å². The van der Waals surface area contributed by atoms with Crippen LogP contribution in [0.2, 0.25) is 0 Å². The Morgan fingerprint density at radius 1 is 1.06 bits per heavy atom. The zero-order valence-electron chi connectivity index (χ0n) is 12.4. The fourth-order valence-electron chi connectivity index (χ4n) is 1.40. The van der Waals surface area contributed by atoms with Crippen LogP contribution in [0.3, 0.4) is 0 Å². The molecule has 0 saturated carbocycles. The van der Waals surface area contributed by atoms with Crippen molar-refractivity contribution in [3.8, 4) is 0 Å². The molecule has 0 unspecified atom stereocenters. The second-order valence-corrected chi connectivity index (χ2v) is 3.24. The first-order valence-corrected chi connectivity index (χ1v) is 6.40. The van der Waals surface area contributed by atoms with Gasteiger partial charge < -0.3 is 0 Å². The Balaban J connectivity index is 0. The lowest BCUT2D eigenvalue weighted by atomic mass is 10.1. The van der Waals surface area contributed by atoms with Crippen LogP contribution in [0, 0.1) is 13.8 Å². The smallest absolute Gasteiger partial charge is 0.257 e. The molecule has 1 heterocycles. The molecule has 0 saturated heterocycles.